The second kappa shape index (κ2) is 8.56. The number of amides is 1. The molecule has 0 saturated carbocycles. The van der Waals surface area contributed by atoms with Gasteiger partial charge in [-0.1, -0.05) is 6.08 Å². The molecule has 1 heterocycles. The van der Waals surface area contributed by atoms with Gasteiger partial charge in [0.05, 0.1) is 6.61 Å². The molecule has 16 heavy (non-hydrogen) atoms. The maximum atomic E-state index is 11.7. The van der Waals surface area contributed by atoms with Crippen molar-refractivity contribution in [3.8, 4) is 0 Å². The molecule has 1 aliphatic rings. The Morgan fingerprint density at radius 1 is 1.69 bits per heavy atom. The van der Waals surface area contributed by atoms with Gasteiger partial charge in [0.25, 0.3) is 0 Å². The molecular formula is C11H21ClN2O2. The number of ether oxygens (including phenoxy) is 1. The zero-order valence-electron chi connectivity index (χ0n) is 9.78. The van der Waals surface area contributed by atoms with Gasteiger partial charge in [0, 0.05) is 19.1 Å². The molecule has 0 aromatic rings. The molecule has 5 heteroatoms. The highest BCUT2D eigenvalue weighted by atomic mass is 35.5. The van der Waals surface area contributed by atoms with Crippen LogP contribution >= 0.6 is 12.4 Å². The van der Waals surface area contributed by atoms with E-state index in [0.717, 1.165) is 25.9 Å². The molecule has 0 radical (unpaired) electrons. The van der Waals surface area contributed by atoms with Crippen molar-refractivity contribution in [1.82, 2.24) is 10.2 Å². The number of nitrogens with one attached hydrogen (secondary N) is 1. The number of likely N-dealkylation sites (tertiary alicyclic amines) is 1. The first kappa shape index (κ1) is 15.4. The third-order valence-corrected chi connectivity index (χ3v) is 2.60. The van der Waals surface area contributed by atoms with Crippen molar-refractivity contribution in [2.75, 3.05) is 33.4 Å². The van der Waals surface area contributed by atoms with Gasteiger partial charge in [0.1, 0.15) is 6.61 Å². The Bertz CT molecular complexity index is 224. The fourth-order valence-electron chi connectivity index (χ4n) is 1.92. The summed E-state index contributed by atoms with van der Waals surface area (Å²) in [5.41, 5.74) is 0. The number of halogens is 1. The largest absolute Gasteiger partial charge is 0.368 e. The highest BCUT2D eigenvalue weighted by Crippen LogP contribution is 2.16. The van der Waals surface area contributed by atoms with E-state index >= 15 is 0 Å². The lowest BCUT2D eigenvalue weighted by Crippen LogP contribution is -2.42. The highest BCUT2D eigenvalue weighted by molar-refractivity contribution is 5.85. The standard InChI is InChI=1S/C11H20N2O2.ClH/c1-3-7-15-9-11(14)13-6-4-5-10(13)8-12-2;/h3,10,12H,1,4-9H2,2H3;1H. The highest BCUT2D eigenvalue weighted by Gasteiger charge is 2.27. The molecule has 0 aliphatic carbocycles. The maximum absolute atomic E-state index is 11.7. The molecule has 94 valence electrons. The van der Waals surface area contributed by atoms with Gasteiger partial charge in [-0.2, -0.15) is 0 Å². The molecule has 1 fully saturated rings. The van der Waals surface area contributed by atoms with Gasteiger partial charge in [-0.3, -0.25) is 4.79 Å². The van der Waals surface area contributed by atoms with E-state index in [4.69, 9.17) is 4.74 Å². The van der Waals surface area contributed by atoms with Crippen molar-refractivity contribution in [3.63, 3.8) is 0 Å². The lowest BCUT2D eigenvalue weighted by molar-refractivity contribution is -0.136. The van der Waals surface area contributed by atoms with Crippen LogP contribution in [0.4, 0.5) is 0 Å². The summed E-state index contributed by atoms with van der Waals surface area (Å²) >= 11 is 0. The smallest absolute Gasteiger partial charge is 0.248 e. The van der Waals surface area contributed by atoms with E-state index in [2.05, 4.69) is 11.9 Å². The third kappa shape index (κ3) is 4.51. The van der Waals surface area contributed by atoms with Gasteiger partial charge in [0.2, 0.25) is 5.91 Å². The SMILES string of the molecule is C=CCOCC(=O)N1CCCC1CNC.Cl. The molecule has 0 bridgehead atoms. The van der Waals surface area contributed by atoms with Crippen LogP contribution < -0.4 is 5.32 Å². The summed E-state index contributed by atoms with van der Waals surface area (Å²) < 4.78 is 5.15. The van der Waals surface area contributed by atoms with Crippen LogP contribution in [0.2, 0.25) is 0 Å². The Balaban J connectivity index is 0.00000225. The monoisotopic (exact) mass is 248 g/mol. The van der Waals surface area contributed by atoms with E-state index < -0.39 is 0 Å². The average molecular weight is 249 g/mol. The molecule has 0 aromatic carbocycles. The molecule has 1 rings (SSSR count). The van der Waals surface area contributed by atoms with Crippen molar-refractivity contribution in [2.24, 2.45) is 0 Å². The Hall–Kier alpha value is -0.580. The van der Waals surface area contributed by atoms with Gasteiger partial charge >= 0.3 is 0 Å². The van der Waals surface area contributed by atoms with E-state index in [1.165, 1.54) is 0 Å². The lowest BCUT2D eigenvalue weighted by atomic mass is 10.2. The van der Waals surface area contributed by atoms with E-state index in [1.807, 2.05) is 11.9 Å². The number of hydrogen-bond donors (Lipinski definition) is 1. The molecule has 0 spiro atoms. The van der Waals surface area contributed by atoms with E-state index in [0.29, 0.717) is 12.6 Å². The van der Waals surface area contributed by atoms with Gasteiger partial charge in [-0.25, -0.2) is 0 Å². The van der Waals surface area contributed by atoms with Crippen molar-refractivity contribution in [2.45, 2.75) is 18.9 Å². The fraction of sp³-hybridized carbons (Fsp3) is 0.727. The molecule has 1 aliphatic heterocycles. The van der Waals surface area contributed by atoms with Crippen LogP contribution in [0, 0.1) is 0 Å². The van der Waals surface area contributed by atoms with Crippen LogP contribution in [0.15, 0.2) is 12.7 Å². The van der Waals surface area contributed by atoms with E-state index in [-0.39, 0.29) is 24.9 Å². The van der Waals surface area contributed by atoms with Crippen molar-refractivity contribution >= 4 is 18.3 Å². The molecule has 1 unspecified atom stereocenters. The van der Waals surface area contributed by atoms with Crippen molar-refractivity contribution < 1.29 is 9.53 Å². The number of hydrogen-bond acceptors (Lipinski definition) is 3. The zero-order valence-corrected chi connectivity index (χ0v) is 10.6. The maximum Gasteiger partial charge on any atom is 0.248 e. The van der Waals surface area contributed by atoms with Gasteiger partial charge in [-0.05, 0) is 19.9 Å². The normalized spacial score (nSPS) is 19.3. The summed E-state index contributed by atoms with van der Waals surface area (Å²) in [7, 11) is 1.91. The summed E-state index contributed by atoms with van der Waals surface area (Å²) in [6.07, 6.45) is 3.84. The molecular weight excluding hydrogens is 228 g/mol. The second-order valence-corrected chi connectivity index (χ2v) is 3.74. The summed E-state index contributed by atoms with van der Waals surface area (Å²) in [4.78, 5) is 13.7. The van der Waals surface area contributed by atoms with E-state index in [1.54, 1.807) is 6.08 Å². The Morgan fingerprint density at radius 3 is 3.06 bits per heavy atom. The molecule has 1 N–H and O–H groups in total. The number of rotatable bonds is 6. The van der Waals surface area contributed by atoms with Gasteiger partial charge < -0.3 is 15.0 Å². The Morgan fingerprint density at radius 2 is 2.44 bits per heavy atom. The summed E-state index contributed by atoms with van der Waals surface area (Å²) in [5.74, 6) is 0.0922. The first-order valence-electron chi connectivity index (χ1n) is 5.42. The average Bonchev–Trinajstić information content (AvgIpc) is 2.67. The Labute approximate surface area is 103 Å². The first-order valence-corrected chi connectivity index (χ1v) is 5.42. The first-order chi connectivity index (χ1) is 7.29. The third-order valence-electron chi connectivity index (χ3n) is 2.60. The van der Waals surface area contributed by atoms with Crippen molar-refractivity contribution in [1.29, 1.82) is 0 Å². The topological polar surface area (TPSA) is 41.6 Å². The van der Waals surface area contributed by atoms with Gasteiger partial charge in [0.15, 0.2) is 0 Å². The summed E-state index contributed by atoms with van der Waals surface area (Å²) in [5, 5.41) is 3.11. The number of likely N-dealkylation sites (N-methyl/N-ethyl adjacent to an activating group) is 1. The number of nitrogens with zero attached hydrogens (tertiary/aromatic N) is 1. The van der Waals surface area contributed by atoms with Gasteiger partial charge in [-0.15, -0.1) is 19.0 Å². The molecule has 0 aromatic heterocycles. The summed E-state index contributed by atoms with van der Waals surface area (Å²) in [6.45, 7) is 5.89. The predicted molar refractivity (Wildman–Crippen MR) is 66.9 cm³/mol. The van der Waals surface area contributed by atoms with E-state index in [9.17, 15) is 4.79 Å². The van der Waals surface area contributed by atoms with Crippen LogP contribution in [0.3, 0.4) is 0 Å². The molecule has 1 saturated heterocycles. The number of carbonyl (C=O) groups is 1. The molecule has 1 amide bonds. The summed E-state index contributed by atoms with van der Waals surface area (Å²) in [6, 6.07) is 0.342. The van der Waals surface area contributed by atoms with Crippen LogP contribution in [0.25, 0.3) is 0 Å². The predicted octanol–water partition coefficient (Wildman–Crippen LogP) is 0.821. The quantitative estimate of drug-likeness (QED) is 0.559. The van der Waals surface area contributed by atoms with Crippen LogP contribution in [0.1, 0.15) is 12.8 Å². The molecule has 1 atom stereocenters. The van der Waals surface area contributed by atoms with Crippen LogP contribution in [0.5, 0.6) is 0 Å². The van der Waals surface area contributed by atoms with Crippen LogP contribution in [-0.4, -0.2) is 50.2 Å². The lowest BCUT2D eigenvalue weighted by Gasteiger charge is -2.24. The van der Waals surface area contributed by atoms with Crippen LogP contribution in [-0.2, 0) is 9.53 Å². The minimum Gasteiger partial charge on any atom is -0.368 e. The zero-order chi connectivity index (χ0) is 11.1. The second-order valence-electron chi connectivity index (χ2n) is 3.74. The number of carbonyl (C=O) groups excluding carboxylic acids is 1. The Kier molecular flexibility index (Phi) is 8.25. The van der Waals surface area contributed by atoms with Crippen molar-refractivity contribution in [3.05, 3.63) is 12.7 Å². The minimum atomic E-state index is 0. The molecule has 4 nitrogen and oxygen atoms in total. The fourth-order valence-corrected chi connectivity index (χ4v) is 1.92. The minimum absolute atomic E-state index is 0.